The molecule has 7 rings (SSSR count). The highest BCUT2D eigenvalue weighted by Gasteiger charge is 2.48. The number of thiophene rings is 1. The predicted octanol–water partition coefficient (Wildman–Crippen LogP) is 5.41. The van der Waals surface area contributed by atoms with Crippen LogP contribution in [-0.2, 0) is 0 Å². The minimum atomic E-state index is -2.39. The highest BCUT2D eigenvalue weighted by atomic mass is 32.1. The first-order valence-electron chi connectivity index (χ1n) is 11.0. The molecule has 0 atom stereocenters. The van der Waals surface area contributed by atoms with Crippen molar-refractivity contribution in [3.8, 4) is 11.1 Å². The fourth-order valence-corrected chi connectivity index (χ4v) is 12.1. The molecule has 0 bridgehead atoms. The molecule has 1 aliphatic rings. The normalized spacial score (nSPS) is 13.9. The standard InChI is InChI=1S/C30H20SSi/c1-3-11-21(12-4-1)32(22-13-5-2-6-14-22)29-18-10-8-16-24(29)26-19-25-23-15-7-9-17-27(23)31-28(25)20-30(26)32/h1-20H. The van der Waals surface area contributed by atoms with Crippen molar-refractivity contribution in [2.24, 2.45) is 0 Å². The van der Waals surface area contributed by atoms with Crippen molar-refractivity contribution in [1.82, 2.24) is 0 Å². The van der Waals surface area contributed by atoms with Gasteiger partial charge in [0.15, 0.2) is 8.07 Å². The van der Waals surface area contributed by atoms with Crippen molar-refractivity contribution in [2.75, 3.05) is 0 Å². The Balaban J connectivity index is 1.69. The lowest BCUT2D eigenvalue weighted by atomic mass is 10.0. The summed E-state index contributed by atoms with van der Waals surface area (Å²) in [5.41, 5.74) is 2.81. The van der Waals surface area contributed by atoms with Gasteiger partial charge in [-0.15, -0.1) is 11.3 Å². The molecule has 5 aromatic carbocycles. The van der Waals surface area contributed by atoms with Gasteiger partial charge < -0.3 is 0 Å². The maximum absolute atomic E-state index is 2.53. The van der Waals surface area contributed by atoms with E-state index in [4.69, 9.17) is 0 Å². The number of hydrogen-bond donors (Lipinski definition) is 0. The average molecular weight is 441 g/mol. The number of benzene rings is 5. The van der Waals surface area contributed by atoms with E-state index in [-0.39, 0.29) is 0 Å². The Hall–Kier alpha value is -3.46. The van der Waals surface area contributed by atoms with Crippen molar-refractivity contribution in [1.29, 1.82) is 0 Å². The van der Waals surface area contributed by atoms with Crippen molar-refractivity contribution >= 4 is 60.3 Å². The van der Waals surface area contributed by atoms with Crippen LogP contribution in [0.25, 0.3) is 31.3 Å². The fourth-order valence-electron chi connectivity index (χ4n) is 5.66. The van der Waals surface area contributed by atoms with E-state index < -0.39 is 8.07 Å². The van der Waals surface area contributed by atoms with Gasteiger partial charge in [-0.3, -0.25) is 0 Å². The molecule has 0 unspecified atom stereocenters. The summed E-state index contributed by atoms with van der Waals surface area (Å²) in [6.07, 6.45) is 0. The number of fused-ring (bicyclic) bond motifs is 6. The zero-order valence-electron chi connectivity index (χ0n) is 17.5. The Morgan fingerprint density at radius 3 is 1.81 bits per heavy atom. The smallest absolute Gasteiger partial charge is 0.135 e. The highest BCUT2D eigenvalue weighted by Crippen LogP contribution is 2.38. The van der Waals surface area contributed by atoms with Crippen molar-refractivity contribution in [3.05, 3.63) is 121 Å². The van der Waals surface area contributed by atoms with Crippen LogP contribution in [0, 0.1) is 0 Å². The van der Waals surface area contributed by atoms with Gasteiger partial charge in [0.05, 0.1) is 0 Å². The summed E-state index contributed by atoms with van der Waals surface area (Å²) in [5, 5.41) is 8.69. The summed E-state index contributed by atoms with van der Waals surface area (Å²) in [7, 11) is -2.39. The van der Waals surface area contributed by atoms with Crippen LogP contribution in [0.1, 0.15) is 0 Å². The molecule has 0 spiro atoms. The summed E-state index contributed by atoms with van der Waals surface area (Å²) >= 11 is 1.92. The lowest BCUT2D eigenvalue weighted by Gasteiger charge is -2.31. The quantitative estimate of drug-likeness (QED) is 0.315. The second-order valence-electron chi connectivity index (χ2n) is 8.52. The monoisotopic (exact) mass is 440 g/mol. The summed E-state index contributed by atoms with van der Waals surface area (Å²) in [4.78, 5) is 0. The molecule has 150 valence electrons. The zero-order valence-corrected chi connectivity index (χ0v) is 19.3. The van der Waals surface area contributed by atoms with E-state index in [9.17, 15) is 0 Å². The van der Waals surface area contributed by atoms with Crippen LogP contribution in [-0.4, -0.2) is 8.07 Å². The Morgan fingerprint density at radius 2 is 1.06 bits per heavy atom. The second kappa shape index (κ2) is 6.77. The number of rotatable bonds is 2. The topological polar surface area (TPSA) is 0 Å². The second-order valence-corrected chi connectivity index (χ2v) is 13.3. The third kappa shape index (κ3) is 2.31. The van der Waals surface area contributed by atoms with Crippen LogP contribution in [0.4, 0.5) is 0 Å². The van der Waals surface area contributed by atoms with E-state index in [0.29, 0.717) is 0 Å². The highest BCUT2D eigenvalue weighted by molar-refractivity contribution is 7.26. The van der Waals surface area contributed by atoms with E-state index in [1.165, 1.54) is 52.0 Å². The number of hydrogen-bond acceptors (Lipinski definition) is 1. The first kappa shape index (κ1) is 18.1. The molecule has 0 radical (unpaired) electrons. The van der Waals surface area contributed by atoms with Crippen LogP contribution >= 0.6 is 11.3 Å². The van der Waals surface area contributed by atoms with E-state index in [1.54, 1.807) is 0 Å². The van der Waals surface area contributed by atoms with E-state index >= 15 is 0 Å². The van der Waals surface area contributed by atoms with Gasteiger partial charge in [-0.05, 0) is 50.1 Å². The van der Waals surface area contributed by atoms with Crippen LogP contribution in [0.5, 0.6) is 0 Å². The maximum Gasteiger partial charge on any atom is 0.180 e. The molecule has 2 heterocycles. The van der Waals surface area contributed by atoms with E-state index in [0.717, 1.165) is 0 Å². The SMILES string of the molecule is c1ccc([Si]2(c3ccccc3)c3ccccc3-c3cc4c(cc32)sc2ccccc24)cc1. The molecule has 0 N–H and O–H groups in total. The molecule has 0 fully saturated rings. The predicted molar refractivity (Wildman–Crippen MR) is 142 cm³/mol. The largest absolute Gasteiger partial charge is 0.180 e. The first-order valence-corrected chi connectivity index (χ1v) is 13.9. The molecule has 0 aliphatic carbocycles. The van der Waals surface area contributed by atoms with Gasteiger partial charge >= 0.3 is 0 Å². The molecule has 6 aromatic rings. The Kier molecular flexibility index (Phi) is 3.84. The summed E-state index contributed by atoms with van der Waals surface area (Å²) in [5.74, 6) is 0. The lowest BCUT2D eigenvalue weighted by molar-refractivity contribution is 1.70. The van der Waals surface area contributed by atoms with Gasteiger partial charge in [0.2, 0.25) is 0 Å². The molecule has 0 nitrogen and oxygen atoms in total. The minimum Gasteiger partial charge on any atom is -0.135 e. The molecular weight excluding hydrogens is 420 g/mol. The van der Waals surface area contributed by atoms with Gasteiger partial charge in [-0.2, -0.15) is 0 Å². The van der Waals surface area contributed by atoms with Crippen LogP contribution in [0.3, 0.4) is 0 Å². The summed E-state index contributed by atoms with van der Waals surface area (Å²) in [6.45, 7) is 0. The van der Waals surface area contributed by atoms with Crippen LogP contribution in [0.2, 0.25) is 0 Å². The van der Waals surface area contributed by atoms with E-state index in [1.807, 2.05) is 11.3 Å². The first-order chi connectivity index (χ1) is 15.9. The molecule has 2 heteroatoms. The molecule has 0 saturated heterocycles. The fraction of sp³-hybridized carbons (Fsp3) is 0. The lowest BCUT2D eigenvalue weighted by Crippen LogP contribution is -2.72. The van der Waals surface area contributed by atoms with Gasteiger partial charge in [-0.1, -0.05) is 103 Å². The molecule has 32 heavy (non-hydrogen) atoms. The average Bonchev–Trinajstić information content (AvgIpc) is 3.37. The van der Waals surface area contributed by atoms with Crippen molar-refractivity contribution < 1.29 is 0 Å². The van der Waals surface area contributed by atoms with Crippen molar-refractivity contribution in [3.63, 3.8) is 0 Å². The molecular formula is C30H20SSi. The molecule has 1 aromatic heterocycles. The van der Waals surface area contributed by atoms with Gasteiger partial charge in [0.1, 0.15) is 0 Å². The van der Waals surface area contributed by atoms with Gasteiger partial charge in [0.25, 0.3) is 0 Å². The minimum absolute atomic E-state index is 1.37. The Morgan fingerprint density at radius 1 is 0.438 bits per heavy atom. The van der Waals surface area contributed by atoms with Gasteiger partial charge in [-0.25, -0.2) is 0 Å². The summed E-state index contributed by atoms with van der Waals surface area (Å²) in [6, 6.07) is 45.4. The maximum atomic E-state index is 2.53. The third-order valence-electron chi connectivity index (χ3n) is 6.96. The molecule has 0 saturated carbocycles. The zero-order chi connectivity index (χ0) is 21.1. The Labute approximate surface area is 192 Å². The van der Waals surface area contributed by atoms with Crippen LogP contribution in [0.15, 0.2) is 121 Å². The van der Waals surface area contributed by atoms with Crippen molar-refractivity contribution in [2.45, 2.75) is 0 Å². The van der Waals surface area contributed by atoms with Gasteiger partial charge in [0, 0.05) is 20.2 Å². The van der Waals surface area contributed by atoms with Crippen LogP contribution < -0.4 is 20.7 Å². The Bertz CT molecular complexity index is 1570. The molecule has 0 amide bonds. The third-order valence-corrected chi connectivity index (χ3v) is 13.0. The summed E-state index contributed by atoms with van der Waals surface area (Å²) < 4.78 is 2.76. The van der Waals surface area contributed by atoms with E-state index in [2.05, 4.69) is 121 Å². The molecule has 1 aliphatic heterocycles.